The second kappa shape index (κ2) is 5.35. The van der Waals surface area contributed by atoms with Crippen molar-refractivity contribution in [2.75, 3.05) is 12.8 Å². The van der Waals surface area contributed by atoms with Gasteiger partial charge in [-0.15, -0.1) is 0 Å². The number of sulfone groups is 1. The van der Waals surface area contributed by atoms with Crippen LogP contribution < -0.4 is 0 Å². The lowest BCUT2D eigenvalue weighted by Gasteiger charge is -2.05. The lowest BCUT2D eigenvalue weighted by molar-refractivity contribution is -0.140. The van der Waals surface area contributed by atoms with Crippen molar-refractivity contribution < 1.29 is 18.0 Å². The zero-order valence-corrected chi connectivity index (χ0v) is 12.7. The number of carbonyl (C=O) groups is 2. The summed E-state index contributed by atoms with van der Waals surface area (Å²) >= 11 is 10.7. The van der Waals surface area contributed by atoms with Crippen molar-refractivity contribution in [2.45, 2.75) is 15.8 Å². The van der Waals surface area contributed by atoms with Crippen molar-refractivity contribution >= 4 is 44.7 Å². The fourth-order valence-corrected chi connectivity index (χ4v) is 2.64. The van der Waals surface area contributed by atoms with Crippen LogP contribution in [0.1, 0.15) is 11.6 Å². The van der Waals surface area contributed by atoms with Crippen LogP contribution in [0.15, 0.2) is 29.2 Å². The molecule has 1 amide bonds. The van der Waals surface area contributed by atoms with Gasteiger partial charge in [-0.1, -0.05) is 35.3 Å². The summed E-state index contributed by atoms with van der Waals surface area (Å²) in [5.74, 6) is -1.58. The molecule has 0 radical (unpaired) electrons. The third-order valence-corrected chi connectivity index (χ3v) is 4.50. The quantitative estimate of drug-likeness (QED) is 0.473. The summed E-state index contributed by atoms with van der Waals surface area (Å²) in [5, 5.41) is 0. The van der Waals surface area contributed by atoms with Gasteiger partial charge < -0.3 is 4.90 Å². The van der Waals surface area contributed by atoms with Crippen LogP contribution >= 0.6 is 23.2 Å². The Morgan fingerprint density at radius 3 is 2.25 bits per heavy atom. The highest BCUT2D eigenvalue weighted by Crippen LogP contribution is 2.35. The van der Waals surface area contributed by atoms with E-state index in [-0.39, 0.29) is 10.9 Å². The Morgan fingerprint density at radius 2 is 1.80 bits per heavy atom. The van der Waals surface area contributed by atoms with E-state index < -0.39 is 26.4 Å². The molecule has 1 saturated heterocycles. The number of nitrogens with zero attached hydrogens (tertiary/aromatic N) is 1. The number of hydrogen-bond acceptors (Lipinski definition) is 4. The largest absolute Gasteiger partial charge is 0.325 e. The molecule has 1 atom stereocenters. The second-order valence-electron chi connectivity index (χ2n) is 4.48. The summed E-state index contributed by atoms with van der Waals surface area (Å²) < 4.78 is 22.7. The molecule has 1 aliphatic rings. The van der Waals surface area contributed by atoms with Gasteiger partial charge in [0.25, 0.3) is 11.7 Å². The highest BCUT2D eigenvalue weighted by Gasteiger charge is 2.43. The van der Waals surface area contributed by atoms with Gasteiger partial charge in [0.05, 0.1) is 10.9 Å². The Labute approximate surface area is 126 Å². The molecule has 1 aromatic carbocycles. The Hall–Kier alpha value is -1.11. The van der Waals surface area contributed by atoms with Gasteiger partial charge in [0.2, 0.25) is 0 Å². The molecule has 1 aliphatic heterocycles. The van der Waals surface area contributed by atoms with Crippen LogP contribution in [0.5, 0.6) is 0 Å². The molecule has 0 N–H and O–H groups in total. The normalized spacial score (nSPS) is 18.2. The number of Topliss-reactive ketones (excluding diaryl/α,β-unsaturated/α-hetero) is 1. The topological polar surface area (TPSA) is 71.3 Å². The van der Waals surface area contributed by atoms with Crippen molar-refractivity contribution in [3.8, 4) is 0 Å². The molecule has 8 heteroatoms. The summed E-state index contributed by atoms with van der Waals surface area (Å²) in [5.41, 5.74) is 0.763. The molecule has 0 bridgehead atoms. The first-order valence-corrected chi connectivity index (χ1v) is 8.41. The smallest absolute Gasteiger partial charge is 0.293 e. The van der Waals surface area contributed by atoms with Crippen LogP contribution in [0, 0.1) is 0 Å². The molecule has 0 spiro atoms. The molecule has 1 fully saturated rings. The van der Waals surface area contributed by atoms with Crippen molar-refractivity contribution in [3.63, 3.8) is 0 Å². The Kier molecular flexibility index (Phi) is 4.09. The van der Waals surface area contributed by atoms with Crippen molar-refractivity contribution in [1.29, 1.82) is 0 Å². The fraction of sp³-hybridized carbons (Fsp3) is 0.333. The van der Waals surface area contributed by atoms with Crippen molar-refractivity contribution in [1.82, 2.24) is 4.90 Å². The van der Waals surface area contributed by atoms with E-state index in [1.807, 2.05) is 0 Å². The van der Waals surface area contributed by atoms with Gasteiger partial charge in [-0.25, -0.2) is 8.42 Å². The average Bonchev–Trinajstić information content (AvgIpc) is 3.16. The van der Waals surface area contributed by atoms with Gasteiger partial charge in [-0.05, 0) is 17.7 Å². The monoisotopic (exact) mass is 335 g/mol. The summed E-state index contributed by atoms with van der Waals surface area (Å²) in [6.07, 6.45) is 1.12. The van der Waals surface area contributed by atoms with Crippen molar-refractivity contribution in [3.05, 3.63) is 29.8 Å². The third-order valence-electron chi connectivity index (χ3n) is 2.98. The van der Waals surface area contributed by atoms with E-state index in [2.05, 4.69) is 0 Å². The van der Waals surface area contributed by atoms with Crippen LogP contribution in [0.3, 0.4) is 0 Å². The minimum atomic E-state index is -3.25. The second-order valence-corrected chi connectivity index (χ2v) is 7.59. The molecule has 1 heterocycles. The van der Waals surface area contributed by atoms with Crippen molar-refractivity contribution in [2.24, 2.45) is 0 Å². The maximum atomic E-state index is 11.7. The number of ketones is 1. The molecule has 1 unspecified atom stereocenters. The number of halogens is 2. The number of amides is 1. The predicted octanol–water partition coefficient (Wildman–Crippen LogP) is 1.35. The number of benzene rings is 1. The average molecular weight is 336 g/mol. The third kappa shape index (κ3) is 3.13. The molecule has 20 heavy (non-hydrogen) atoms. The lowest BCUT2D eigenvalue weighted by atomic mass is 10.2. The zero-order valence-electron chi connectivity index (χ0n) is 10.4. The Balaban J connectivity index is 2.09. The van der Waals surface area contributed by atoms with Crippen LogP contribution in [-0.2, 0) is 19.4 Å². The van der Waals surface area contributed by atoms with E-state index >= 15 is 0 Å². The molecule has 0 aliphatic carbocycles. The van der Waals surface area contributed by atoms with E-state index in [0.717, 1.165) is 11.8 Å². The number of alkyl halides is 2. The molecule has 0 aromatic heterocycles. The standard InChI is InChI=1S/C12H11Cl2NO4S/c1-20(18,19)8-4-2-7(3-5-8)9-6-15(9)12(17)10(16)11(13)14/h2-5,9,11H,6H2,1H3. The van der Waals surface area contributed by atoms with Gasteiger partial charge in [0.15, 0.2) is 14.7 Å². The fourth-order valence-electron chi connectivity index (χ4n) is 1.82. The van der Waals surface area contributed by atoms with E-state index in [0.29, 0.717) is 6.54 Å². The molecule has 1 aromatic rings. The Bertz CT molecular complexity index is 655. The van der Waals surface area contributed by atoms with Crippen LogP contribution in [0.2, 0.25) is 0 Å². The maximum absolute atomic E-state index is 11.7. The maximum Gasteiger partial charge on any atom is 0.293 e. The molecule has 5 nitrogen and oxygen atoms in total. The zero-order chi connectivity index (χ0) is 15.1. The highest BCUT2D eigenvalue weighted by atomic mass is 35.5. The molecular formula is C12H11Cl2NO4S. The van der Waals surface area contributed by atoms with Crippen LogP contribution in [0.4, 0.5) is 0 Å². The summed E-state index contributed by atoms with van der Waals surface area (Å²) in [6, 6.07) is 5.96. The van der Waals surface area contributed by atoms with Gasteiger partial charge >= 0.3 is 0 Å². The molecule has 2 rings (SSSR count). The lowest BCUT2D eigenvalue weighted by Crippen LogP contribution is -2.27. The Morgan fingerprint density at radius 1 is 1.25 bits per heavy atom. The van der Waals surface area contributed by atoms with E-state index in [1.165, 1.54) is 17.0 Å². The molecule has 108 valence electrons. The molecule has 0 saturated carbocycles. The number of carbonyl (C=O) groups excluding carboxylic acids is 2. The summed E-state index contributed by atoms with van der Waals surface area (Å²) in [6.45, 7) is 0.392. The first-order valence-electron chi connectivity index (χ1n) is 5.65. The van der Waals surface area contributed by atoms with Gasteiger partial charge in [0, 0.05) is 12.8 Å². The van der Waals surface area contributed by atoms with E-state index in [4.69, 9.17) is 23.2 Å². The minimum absolute atomic E-state index is 0.206. The minimum Gasteiger partial charge on any atom is -0.325 e. The summed E-state index contributed by atoms with van der Waals surface area (Å²) in [4.78, 5) is 23.2. The summed E-state index contributed by atoms with van der Waals surface area (Å²) in [7, 11) is -3.25. The predicted molar refractivity (Wildman–Crippen MR) is 74.5 cm³/mol. The van der Waals surface area contributed by atoms with Gasteiger partial charge in [0.1, 0.15) is 0 Å². The molecular weight excluding hydrogens is 325 g/mol. The van der Waals surface area contributed by atoms with Gasteiger partial charge in [-0.2, -0.15) is 0 Å². The highest BCUT2D eigenvalue weighted by molar-refractivity contribution is 7.90. The van der Waals surface area contributed by atoms with E-state index in [9.17, 15) is 18.0 Å². The number of rotatable bonds is 4. The first kappa shape index (κ1) is 15.3. The SMILES string of the molecule is CS(=O)(=O)c1ccc(C2CN2C(=O)C(=O)C(Cl)Cl)cc1. The van der Waals surface area contributed by atoms with Gasteiger partial charge in [-0.3, -0.25) is 9.59 Å². The van der Waals surface area contributed by atoms with Crippen LogP contribution in [-0.4, -0.2) is 42.6 Å². The number of hydrogen-bond donors (Lipinski definition) is 0. The van der Waals surface area contributed by atoms with E-state index in [1.54, 1.807) is 12.1 Å². The van der Waals surface area contributed by atoms with Crippen LogP contribution in [0.25, 0.3) is 0 Å². The first-order chi connectivity index (χ1) is 9.21.